The van der Waals surface area contributed by atoms with Crippen molar-refractivity contribution >= 4 is 11.1 Å². The van der Waals surface area contributed by atoms with Crippen LogP contribution in [0, 0.1) is 0 Å². The van der Waals surface area contributed by atoms with Crippen molar-refractivity contribution in [2.24, 2.45) is 0 Å². The molecule has 0 radical (unpaired) electrons. The molecular formula is C34H22N4O. The molecule has 39 heavy (non-hydrogen) atoms. The highest BCUT2D eigenvalue weighted by Crippen LogP contribution is 2.36. The van der Waals surface area contributed by atoms with E-state index in [2.05, 4.69) is 18.2 Å². The van der Waals surface area contributed by atoms with Crippen LogP contribution >= 0.6 is 0 Å². The molecule has 0 bridgehead atoms. The number of benzene rings is 5. The van der Waals surface area contributed by atoms with Gasteiger partial charge in [0.25, 0.3) is 0 Å². The highest BCUT2D eigenvalue weighted by molar-refractivity contribution is 5.86. The molecule has 0 saturated carbocycles. The minimum Gasteiger partial charge on any atom is -0.436 e. The summed E-state index contributed by atoms with van der Waals surface area (Å²) in [7, 11) is 0. The van der Waals surface area contributed by atoms with E-state index < -0.39 is 0 Å². The third kappa shape index (κ3) is 4.47. The van der Waals surface area contributed by atoms with E-state index in [-0.39, 0.29) is 0 Å². The number of rotatable bonds is 5. The summed E-state index contributed by atoms with van der Waals surface area (Å²) < 4.78 is 6.16. The summed E-state index contributed by atoms with van der Waals surface area (Å²) >= 11 is 0. The van der Waals surface area contributed by atoms with Gasteiger partial charge in [0.1, 0.15) is 5.52 Å². The fraction of sp³-hybridized carbons (Fsp3) is 0. The molecule has 5 heteroatoms. The van der Waals surface area contributed by atoms with E-state index in [1.807, 2.05) is 115 Å². The predicted octanol–water partition coefficient (Wildman–Crippen LogP) is 8.35. The van der Waals surface area contributed by atoms with Gasteiger partial charge in [0, 0.05) is 22.3 Å². The monoisotopic (exact) mass is 502 g/mol. The number of hydrogen-bond donors (Lipinski definition) is 0. The van der Waals surface area contributed by atoms with E-state index >= 15 is 0 Å². The number of fused-ring (bicyclic) bond motifs is 1. The Morgan fingerprint density at radius 2 is 0.897 bits per heavy atom. The standard InChI is InChI=1S/C34H22N4O/c1-4-12-23(13-5-1)28-22-26(20-21-27(28)34-35-29-18-10-11-19-30(29)39-34)33-37-31(24-14-6-2-7-15-24)36-32(38-33)25-16-8-3-9-17-25/h1-22H. The molecule has 0 atom stereocenters. The molecule has 5 aromatic carbocycles. The Kier molecular flexibility index (Phi) is 5.72. The second kappa shape index (κ2) is 9.80. The summed E-state index contributed by atoms with van der Waals surface area (Å²) in [5.41, 5.74) is 7.28. The van der Waals surface area contributed by atoms with Crippen molar-refractivity contribution in [3.63, 3.8) is 0 Å². The lowest BCUT2D eigenvalue weighted by atomic mass is 9.96. The van der Waals surface area contributed by atoms with Crippen LogP contribution in [0.25, 0.3) is 67.8 Å². The Balaban J connectivity index is 1.43. The van der Waals surface area contributed by atoms with E-state index in [1.54, 1.807) is 0 Å². The van der Waals surface area contributed by atoms with Crippen LogP contribution in [0.1, 0.15) is 0 Å². The maximum absolute atomic E-state index is 6.16. The van der Waals surface area contributed by atoms with Gasteiger partial charge in [-0.25, -0.2) is 19.9 Å². The predicted molar refractivity (Wildman–Crippen MR) is 155 cm³/mol. The normalized spacial score (nSPS) is 11.1. The van der Waals surface area contributed by atoms with Gasteiger partial charge in [0.15, 0.2) is 23.1 Å². The minimum atomic E-state index is 0.576. The lowest BCUT2D eigenvalue weighted by Gasteiger charge is -2.12. The zero-order valence-electron chi connectivity index (χ0n) is 20.9. The van der Waals surface area contributed by atoms with Crippen LogP contribution in [-0.2, 0) is 0 Å². The van der Waals surface area contributed by atoms with Gasteiger partial charge in [-0.1, -0.05) is 109 Å². The summed E-state index contributed by atoms with van der Waals surface area (Å²) in [4.78, 5) is 19.4. The Hall–Kier alpha value is -5.42. The second-order valence-corrected chi connectivity index (χ2v) is 9.15. The smallest absolute Gasteiger partial charge is 0.227 e. The molecule has 7 rings (SSSR count). The molecule has 0 saturated heterocycles. The molecule has 2 aromatic heterocycles. The first-order valence-electron chi connectivity index (χ1n) is 12.7. The fourth-order valence-corrected chi connectivity index (χ4v) is 4.65. The van der Waals surface area contributed by atoms with Gasteiger partial charge in [0.05, 0.1) is 0 Å². The van der Waals surface area contributed by atoms with Gasteiger partial charge in [0.2, 0.25) is 5.89 Å². The van der Waals surface area contributed by atoms with Crippen molar-refractivity contribution < 1.29 is 4.42 Å². The molecule has 0 amide bonds. The summed E-state index contributed by atoms with van der Waals surface area (Å²) in [6, 6.07) is 44.2. The molecule has 0 aliphatic rings. The van der Waals surface area contributed by atoms with Crippen molar-refractivity contribution in [2.45, 2.75) is 0 Å². The summed E-state index contributed by atoms with van der Waals surface area (Å²) in [6.07, 6.45) is 0. The van der Waals surface area contributed by atoms with E-state index in [9.17, 15) is 0 Å². The van der Waals surface area contributed by atoms with Crippen molar-refractivity contribution in [3.8, 4) is 56.7 Å². The topological polar surface area (TPSA) is 64.7 Å². The molecule has 7 aromatic rings. The molecule has 0 aliphatic heterocycles. The number of nitrogens with zero attached hydrogens (tertiary/aromatic N) is 4. The van der Waals surface area contributed by atoms with Crippen LogP contribution in [0.4, 0.5) is 0 Å². The maximum atomic E-state index is 6.16. The summed E-state index contributed by atoms with van der Waals surface area (Å²) in [5.74, 6) is 2.43. The zero-order valence-corrected chi connectivity index (χ0v) is 20.9. The summed E-state index contributed by atoms with van der Waals surface area (Å²) in [6.45, 7) is 0. The third-order valence-corrected chi connectivity index (χ3v) is 6.59. The highest BCUT2D eigenvalue weighted by atomic mass is 16.3. The minimum absolute atomic E-state index is 0.576. The Bertz CT molecular complexity index is 1810. The van der Waals surface area contributed by atoms with Gasteiger partial charge in [-0.05, 0) is 35.4 Å². The highest BCUT2D eigenvalue weighted by Gasteiger charge is 2.17. The van der Waals surface area contributed by atoms with Crippen molar-refractivity contribution in [1.29, 1.82) is 0 Å². The average molecular weight is 503 g/mol. The Morgan fingerprint density at radius 1 is 0.385 bits per heavy atom. The lowest BCUT2D eigenvalue weighted by molar-refractivity contribution is 0.620. The number of hydrogen-bond acceptors (Lipinski definition) is 5. The molecule has 0 aliphatic carbocycles. The van der Waals surface area contributed by atoms with E-state index in [4.69, 9.17) is 24.4 Å². The largest absolute Gasteiger partial charge is 0.436 e. The maximum Gasteiger partial charge on any atom is 0.227 e. The number of oxazole rings is 1. The van der Waals surface area contributed by atoms with E-state index in [1.165, 1.54) is 0 Å². The molecular weight excluding hydrogens is 480 g/mol. The first kappa shape index (κ1) is 22.8. The van der Waals surface area contributed by atoms with Crippen LogP contribution in [0.5, 0.6) is 0 Å². The van der Waals surface area contributed by atoms with Crippen LogP contribution in [0.3, 0.4) is 0 Å². The second-order valence-electron chi connectivity index (χ2n) is 9.15. The molecule has 5 nitrogen and oxygen atoms in total. The molecule has 184 valence electrons. The van der Waals surface area contributed by atoms with Gasteiger partial charge < -0.3 is 4.42 Å². The van der Waals surface area contributed by atoms with Crippen LogP contribution in [0.15, 0.2) is 138 Å². The van der Waals surface area contributed by atoms with Gasteiger partial charge in [-0.3, -0.25) is 0 Å². The van der Waals surface area contributed by atoms with Crippen LogP contribution < -0.4 is 0 Å². The van der Waals surface area contributed by atoms with Crippen LogP contribution in [-0.4, -0.2) is 19.9 Å². The SMILES string of the molecule is c1ccc(-c2nc(-c3ccccc3)nc(-c3ccc(-c4nc5ccccc5o4)c(-c4ccccc4)c3)n2)cc1. The average Bonchev–Trinajstić information content (AvgIpc) is 3.46. The first-order valence-corrected chi connectivity index (χ1v) is 12.7. The molecule has 2 heterocycles. The Labute approximate surface area is 225 Å². The Morgan fingerprint density at radius 3 is 1.49 bits per heavy atom. The number of para-hydroxylation sites is 2. The quantitative estimate of drug-likeness (QED) is 0.237. The zero-order chi connectivity index (χ0) is 26.0. The van der Waals surface area contributed by atoms with Gasteiger partial charge in [-0.2, -0.15) is 0 Å². The fourth-order valence-electron chi connectivity index (χ4n) is 4.65. The number of aromatic nitrogens is 4. The van der Waals surface area contributed by atoms with Crippen LogP contribution in [0.2, 0.25) is 0 Å². The van der Waals surface area contributed by atoms with E-state index in [0.29, 0.717) is 23.4 Å². The molecule has 0 N–H and O–H groups in total. The van der Waals surface area contributed by atoms with E-state index in [0.717, 1.165) is 44.5 Å². The van der Waals surface area contributed by atoms with Gasteiger partial charge >= 0.3 is 0 Å². The lowest BCUT2D eigenvalue weighted by Crippen LogP contribution is -2.00. The van der Waals surface area contributed by atoms with Crippen molar-refractivity contribution in [3.05, 3.63) is 133 Å². The van der Waals surface area contributed by atoms with Crippen molar-refractivity contribution in [1.82, 2.24) is 19.9 Å². The van der Waals surface area contributed by atoms with Crippen molar-refractivity contribution in [2.75, 3.05) is 0 Å². The van der Waals surface area contributed by atoms with Gasteiger partial charge in [-0.15, -0.1) is 0 Å². The molecule has 0 fully saturated rings. The molecule has 0 spiro atoms. The third-order valence-electron chi connectivity index (χ3n) is 6.59. The summed E-state index contributed by atoms with van der Waals surface area (Å²) in [5, 5.41) is 0. The first-order chi connectivity index (χ1) is 19.3. The molecule has 0 unspecified atom stereocenters.